The van der Waals surface area contributed by atoms with Crippen molar-refractivity contribution in [3.8, 4) is 5.75 Å². The molecule has 1 aliphatic heterocycles. The van der Waals surface area contributed by atoms with Crippen molar-refractivity contribution < 1.29 is 4.74 Å². The van der Waals surface area contributed by atoms with E-state index in [2.05, 4.69) is 17.1 Å². The summed E-state index contributed by atoms with van der Waals surface area (Å²) in [6, 6.07) is 6.31. The Balaban J connectivity index is 2.32. The summed E-state index contributed by atoms with van der Waals surface area (Å²) in [5.41, 5.74) is 8.20. The molecule has 3 N–H and O–H groups in total. The van der Waals surface area contributed by atoms with E-state index in [-0.39, 0.29) is 6.04 Å². The lowest BCUT2D eigenvalue weighted by Gasteiger charge is -2.23. The van der Waals surface area contributed by atoms with Crippen molar-refractivity contribution in [2.45, 2.75) is 12.5 Å². The maximum atomic E-state index is 6.01. The second kappa shape index (κ2) is 2.75. The van der Waals surface area contributed by atoms with Crippen molar-refractivity contribution in [2.75, 3.05) is 6.61 Å². The Morgan fingerprint density at radius 3 is 3.21 bits per heavy atom. The fourth-order valence-electron chi connectivity index (χ4n) is 2.01. The van der Waals surface area contributed by atoms with Gasteiger partial charge in [0.15, 0.2) is 0 Å². The van der Waals surface area contributed by atoms with E-state index in [9.17, 15) is 0 Å². The van der Waals surface area contributed by atoms with Crippen LogP contribution in [0.15, 0.2) is 24.4 Å². The van der Waals surface area contributed by atoms with Crippen LogP contribution in [0.3, 0.4) is 0 Å². The molecule has 3 nitrogen and oxygen atoms in total. The second-order valence-corrected chi connectivity index (χ2v) is 3.67. The van der Waals surface area contributed by atoms with E-state index >= 15 is 0 Å². The molecule has 0 saturated heterocycles. The van der Waals surface area contributed by atoms with E-state index in [1.807, 2.05) is 12.3 Å². The van der Waals surface area contributed by atoms with Gasteiger partial charge in [0.25, 0.3) is 0 Å². The SMILES string of the molecule is NC1CCOc2c1ccc1cc[nH]c21. The second-order valence-electron chi connectivity index (χ2n) is 3.67. The number of hydrogen-bond acceptors (Lipinski definition) is 2. The predicted molar refractivity (Wildman–Crippen MR) is 55.3 cm³/mol. The molecule has 72 valence electrons. The Morgan fingerprint density at radius 1 is 1.36 bits per heavy atom. The third-order valence-electron chi connectivity index (χ3n) is 2.79. The van der Waals surface area contributed by atoms with Crippen LogP contribution in [0.4, 0.5) is 0 Å². The first-order chi connectivity index (χ1) is 6.86. The van der Waals surface area contributed by atoms with Gasteiger partial charge in [0.2, 0.25) is 0 Å². The molecule has 1 aromatic heterocycles. The van der Waals surface area contributed by atoms with Gasteiger partial charge >= 0.3 is 0 Å². The van der Waals surface area contributed by atoms with Gasteiger partial charge in [0, 0.05) is 29.6 Å². The molecule has 0 saturated carbocycles. The lowest BCUT2D eigenvalue weighted by atomic mass is 10.00. The first kappa shape index (κ1) is 7.88. The van der Waals surface area contributed by atoms with Crippen LogP contribution in [-0.4, -0.2) is 11.6 Å². The number of fused-ring (bicyclic) bond motifs is 3. The minimum absolute atomic E-state index is 0.117. The molecule has 0 fully saturated rings. The summed E-state index contributed by atoms with van der Waals surface area (Å²) in [4.78, 5) is 3.19. The third kappa shape index (κ3) is 0.960. The van der Waals surface area contributed by atoms with Gasteiger partial charge in [0.1, 0.15) is 5.75 Å². The molecule has 1 aliphatic rings. The van der Waals surface area contributed by atoms with Crippen LogP contribution in [0, 0.1) is 0 Å². The molecule has 0 radical (unpaired) electrons. The Hall–Kier alpha value is -1.48. The van der Waals surface area contributed by atoms with Crippen molar-refractivity contribution in [1.29, 1.82) is 0 Å². The van der Waals surface area contributed by atoms with Crippen molar-refractivity contribution in [2.24, 2.45) is 5.73 Å². The summed E-state index contributed by atoms with van der Waals surface area (Å²) < 4.78 is 5.65. The van der Waals surface area contributed by atoms with Crippen molar-refractivity contribution >= 4 is 10.9 Å². The molecule has 2 heterocycles. The summed E-state index contributed by atoms with van der Waals surface area (Å²) in [5.74, 6) is 0.936. The maximum absolute atomic E-state index is 6.01. The average molecular weight is 188 g/mol. The summed E-state index contributed by atoms with van der Waals surface area (Å²) in [6.07, 6.45) is 2.83. The van der Waals surface area contributed by atoms with E-state index in [0.29, 0.717) is 6.61 Å². The van der Waals surface area contributed by atoms with E-state index in [1.54, 1.807) is 0 Å². The molecule has 0 amide bonds. The zero-order valence-corrected chi connectivity index (χ0v) is 7.79. The summed E-state index contributed by atoms with van der Waals surface area (Å²) in [7, 11) is 0. The molecule has 3 heteroatoms. The van der Waals surface area contributed by atoms with Gasteiger partial charge in [-0.1, -0.05) is 12.1 Å². The van der Waals surface area contributed by atoms with Crippen LogP contribution >= 0.6 is 0 Å². The number of nitrogens with two attached hydrogens (primary N) is 1. The third-order valence-corrected chi connectivity index (χ3v) is 2.79. The predicted octanol–water partition coefficient (Wildman–Crippen LogP) is 1.95. The van der Waals surface area contributed by atoms with Crippen LogP contribution in [0.25, 0.3) is 10.9 Å². The quantitative estimate of drug-likeness (QED) is 0.664. The molecule has 0 aliphatic carbocycles. The Kier molecular flexibility index (Phi) is 1.55. The molecule has 1 atom stereocenters. The zero-order chi connectivity index (χ0) is 9.54. The molecule has 1 aromatic carbocycles. The molecule has 3 rings (SSSR count). The van der Waals surface area contributed by atoms with Crippen molar-refractivity contribution in [3.63, 3.8) is 0 Å². The van der Waals surface area contributed by atoms with Crippen molar-refractivity contribution in [1.82, 2.24) is 4.98 Å². The first-order valence-corrected chi connectivity index (χ1v) is 4.84. The molecule has 1 unspecified atom stereocenters. The van der Waals surface area contributed by atoms with Gasteiger partial charge in [-0.3, -0.25) is 0 Å². The highest BCUT2D eigenvalue weighted by molar-refractivity contribution is 5.86. The average Bonchev–Trinajstić information content (AvgIpc) is 2.66. The lowest BCUT2D eigenvalue weighted by molar-refractivity contribution is 0.272. The summed E-state index contributed by atoms with van der Waals surface area (Å²) in [6.45, 7) is 0.715. The Labute approximate surface area is 81.9 Å². The molecule has 0 bridgehead atoms. The van der Waals surface area contributed by atoms with E-state index < -0.39 is 0 Å². The first-order valence-electron chi connectivity index (χ1n) is 4.84. The fourth-order valence-corrected chi connectivity index (χ4v) is 2.01. The van der Waals surface area contributed by atoms with Gasteiger partial charge in [0.05, 0.1) is 12.1 Å². The Bertz CT molecular complexity index is 475. The standard InChI is InChI=1S/C11H12N2O/c12-9-4-6-14-11-8(9)2-1-7-3-5-13-10(7)11/h1-3,5,9,13H,4,6,12H2. The van der Waals surface area contributed by atoms with Gasteiger partial charge < -0.3 is 15.5 Å². The smallest absolute Gasteiger partial charge is 0.148 e. The highest BCUT2D eigenvalue weighted by Crippen LogP contribution is 2.36. The number of benzene rings is 1. The van der Waals surface area contributed by atoms with Gasteiger partial charge in [-0.2, -0.15) is 0 Å². The highest BCUT2D eigenvalue weighted by Gasteiger charge is 2.20. The van der Waals surface area contributed by atoms with Crippen LogP contribution in [0.5, 0.6) is 5.75 Å². The van der Waals surface area contributed by atoms with Gasteiger partial charge in [-0.25, -0.2) is 0 Å². The summed E-state index contributed by atoms with van der Waals surface area (Å²) in [5, 5.41) is 1.18. The molecule has 0 spiro atoms. The van der Waals surface area contributed by atoms with Crippen LogP contribution in [0.1, 0.15) is 18.0 Å². The minimum Gasteiger partial charge on any atom is -0.491 e. The van der Waals surface area contributed by atoms with Gasteiger partial charge in [-0.15, -0.1) is 0 Å². The van der Waals surface area contributed by atoms with E-state index in [4.69, 9.17) is 10.5 Å². The number of aromatic amines is 1. The van der Waals surface area contributed by atoms with Crippen LogP contribution in [-0.2, 0) is 0 Å². The van der Waals surface area contributed by atoms with Crippen molar-refractivity contribution in [3.05, 3.63) is 30.0 Å². The summed E-state index contributed by atoms with van der Waals surface area (Å²) >= 11 is 0. The van der Waals surface area contributed by atoms with E-state index in [1.165, 1.54) is 5.39 Å². The molecular formula is C11H12N2O. The highest BCUT2D eigenvalue weighted by atomic mass is 16.5. The normalized spacial score (nSPS) is 20.5. The number of rotatable bonds is 0. The molecule has 14 heavy (non-hydrogen) atoms. The van der Waals surface area contributed by atoms with E-state index in [0.717, 1.165) is 23.3 Å². The zero-order valence-electron chi connectivity index (χ0n) is 7.79. The Morgan fingerprint density at radius 2 is 2.29 bits per heavy atom. The topological polar surface area (TPSA) is 51.0 Å². The maximum Gasteiger partial charge on any atom is 0.148 e. The van der Waals surface area contributed by atoms with Crippen LogP contribution < -0.4 is 10.5 Å². The fraction of sp³-hybridized carbons (Fsp3) is 0.273. The number of nitrogens with one attached hydrogen (secondary N) is 1. The number of aromatic nitrogens is 1. The number of H-pyrrole nitrogens is 1. The number of hydrogen-bond donors (Lipinski definition) is 2. The van der Waals surface area contributed by atoms with Gasteiger partial charge in [-0.05, 0) is 6.07 Å². The molecule has 2 aromatic rings. The minimum atomic E-state index is 0.117. The lowest BCUT2D eigenvalue weighted by Crippen LogP contribution is -2.20. The molecular weight excluding hydrogens is 176 g/mol. The van der Waals surface area contributed by atoms with Crippen LogP contribution in [0.2, 0.25) is 0 Å². The monoisotopic (exact) mass is 188 g/mol. The largest absolute Gasteiger partial charge is 0.491 e. The number of ether oxygens (including phenoxy) is 1.